The van der Waals surface area contributed by atoms with Gasteiger partial charge in [-0.25, -0.2) is 0 Å². The summed E-state index contributed by atoms with van der Waals surface area (Å²) in [7, 11) is 0. The Bertz CT molecular complexity index is 3760. The Morgan fingerprint density at radius 2 is 1.22 bits per heavy atom. The number of hydrogen-bond acceptors (Lipinski definition) is 3. The quantitative estimate of drug-likeness (QED) is 0.153. The molecule has 0 aliphatic carbocycles. The molecule has 8 aromatic carbocycles. The third-order valence-corrected chi connectivity index (χ3v) is 14.1. The molecular weight excluding hydrogens is 817 g/mol. The Kier molecular flexibility index (Phi) is 10.2. The fraction of sp³-hybridized carbons (Fsp3) is 0.127. The number of aryl methyl sites for hydroxylation is 1. The van der Waals surface area contributed by atoms with Crippen LogP contribution in [-0.2, 0) is 0 Å². The Morgan fingerprint density at radius 3 is 2.03 bits per heavy atom. The number of benzene rings is 8. The lowest BCUT2D eigenvalue weighted by atomic mass is 9.77. The van der Waals surface area contributed by atoms with Gasteiger partial charge in [0.15, 0.2) is 0 Å². The molecule has 1 aliphatic rings. The van der Waals surface area contributed by atoms with Crippen molar-refractivity contribution in [3.05, 3.63) is 228 Å². The Morgan fingerprint density at radius 1 is 0.582 bits per heavy atom. The normalized spacial score (nSPS) is 17.4. The summed E-state index contributed by atoms with van der Waals surface area (Å²) < 4.78 is 15.6. The van der Waals surface area contributed by atoms with Crippen molar-refractivity contribution in [3.8, 4) is 27.9 Å². The number of furan rings is 2. The number of nitrogens with zero attached hydrogens (tertiary/aromatic N) is 2. The van der Waals surface area contributed by atoms with Gasteiger partial charge in [-0.05, 0) is 132 Å². The van der Waals surface area contributed by atoms with E-state index >= 15 is 0 Å². The summed E-state index contributed by atoms with van der Waals surface area (Å²) in [5, 5.41) is 5.82. The highest BCUT2D eigenvalue weighted by Crippen LogP contribution is 2.48. The largest absolute Gasteiger partial charge is 0.461 e. The molecular formula is C63H50N2O2. The summed E-state index contributed by atoms with van der Waals surface area (Å²) in [5.41, 5.74) is 18.1. The number of fused-ring (bicyclic) bond motifs is 7. The van der Waals surface area contributed by atoms with Gasteiger partial charge in [0.1, 0.15) is 22.5 Å². The molecule has 324 valence electrons. The summed E-state index contributed by atoms with van der Waals surface area (Å²) in [4.78, 5) is 5.87. The van der Waals surface area contributed by atoms with Crippen LogP contribution in [0.5, 0.6) is 0 Å². The molecule has 4 heteroatoms. The lowest BCUT2D eigenvalue weighted by Crippen LogP contribution is -2.19. The van der Waals surface area contributed by atoms with Gasteiger partial charge in [-0.2, -0.15) is 0 Å². The minimum atomic E-state index is -0.184. The van der Waals surface area contributed by atoms with Gasteiger partial charge in [0, 0.05) is 49.8 Å². The molecule has 1 aliphatic heterocycles. The first-order valence-corrected chi connectivity index (χ1v) is 23.7. The number of rotatable bonds is 8. The molecule has 0 bridgehead atoms. The maximum absolute atomic E-state index is 6.76. The number of para-hydroxylation sites is 2. The zero-order chi connectivity index (χ0) is 45.0. The second-order valence-electron chi connectivity index (χ2n) is 17.9. The van der Waals surface area contributed by atoms with Crippen LogP contribution in [0.2, 0.25) is 0 Å². The fourth-order valence-electron chi connectivity index (χ4n) is 11.0. The van der Waals surface area contributed by atoms with E-state index < -0.39 is 0 Å². The van der Waals surface area contributed by atoms with Gasteiger partial charge in [0.2, 0.25) is 0 Å². The zero-order valence-corrected chi connectivity index (χ0v) is 38.0. The number of hydrogen-bond donors (Lipinski definition) is 0. The van der Waals surface area contributed by atoms with Gasteiger partial charge >= 0.3 is 0 Å². The molecule has 2 unspecified atom stereocenters. The van der Waals surface area contributed by atoms with Crippen molar-refractivity contribution in [2.24, 2.45) is 10.9 Å². The van der Waals surface area contributed by atoms with Crippen molar-refractivity contribution in [1.29, 1.82) is 0 Å². The summed E-state index contributed by atoms with van der Waals surface area (Å²) >= 11 is 0. The van der Waals surface area contributed by atoms with Crippen molar-refractivity contribution in [2.45, 2.75) is 46.1 Å². The summed E-state index contributed by atoms with van der Waals surface area (Å²) in [6.07, 6.45) is 7.41. The molecule has 12 rings (SSSR count). The van der Waals surface area contributed by atoms with E-state index in [1.54, 1.807) is 0 Å². The van der Waals surface area contributed by atoms with E-state index in [2.05, 4.69) is 226 Å². The third-order valence-electron chi connectivity index (χ3n) is 14.1. The Balaban J connectivity index is 1.01. The second-order valence-corrected chi connectivity index (χ2v) is 17.9. The van der Waals surface area contributed by atoms with E-state index in [1.165, 1.54) is 60.8 Å². The molecule has 0 saturated carbocycles. The van der Waals surface area contributed by atoms with E-state index in [0.717, 1.165) is 80.5 Å². The van der Waals surface area contributed by atoms with E-state index in [9.17, 15) is 0 Å². The highest BCUT2D eigenvalue weighted by atomic mass is 16.3. The first kappa shape index (κ1) is 40.6. The SMILES string of the molecule is C/C=C(/C1=C/CC/C(c2ccccc2)=N\C(c2cccc3oc4ccc(-c5ccc6c(c5)c5ccccc5n6-c5cccc(-c6ccccc6)c5)cc4c23)C1CC)c1c(C)oc2ccccc12. The summed E-state index contributed by atoms with van der Waals surface area (Å²) in [6.45, 7) is 6.58. The second kappa shape index (κ2) is 16.8. The minimum Gasteiger partial charge on any atom is -0.461 e. The number of aromatic nitrogens is 1. The molecule has 11 aromatic rings. The minimum absolute atomic E-state index is 0.0742. The van der Waals surface area contributed by atoms with Crippen molar-refractivity contribution < 1.29 is 8.83 Å². The molecule has 0 radical (unpaired) electrons. The van der Waals surface area contributed by atoms with Crippen LogP contribution < -0.4 is 0 Å². The third kappa shape index (κ3) is 6.94. The van der Waals surface area contributed by atoms with E-state index in [-0.39, 0.29) is 12.0 Å². The molecule has 4 heterocycles. The number of aliphatic imine (C=N–C) groups is 1. The molecule has 0 N–H and O–H groups in total. The maximum Gasteiger partial charge on any atom is 0.135 e. The Hall–Kier alpha value is -7.95. The van der Waals surface area contributed by atoms with Crippen LogP contribution in [0.15, 0.2) is 220 Å². The van der Waals surface area contributed by atoms with Crippen LogP contribution in [0, 0.1) is 12.8 Å². The highest BCUT2D eigenvalue weighted by Gasteiger charge is 2.33. The van der Waals surface area contributed by atoms with Crippen molar-refractivity contribution in [1.82, 2.24) is 4.57 Å². The van der Waals surface area contributed by atoms with Crippen LogP contribution in [0.25, 0.3) is 88.2 Å². The molecule has 2 atom stereocenters. The van der Waals surface area contributed by atoms with Gasteiger partial charge in [-0.3, -0.25) is 4.99 Å². The molecule has 3 aromatic heterocycles. The fourth-order valence-corrected chi connectivity index (χ4v) is 11.0. The monoisotopic (exact) mass is 866 g/mol. The van der Waals surface area contributed by atoms with Crippen LogP contribution in [0.4, 0.5) is 0 Å². The summed E-state index contributed by atoms with van der Waals surface area (Å²) in [5.74, 6) is 1.01. The smallest absolute Gasteiger partial charge is 0.135 e. The molecule has 67 heavy (non-hydrogen) atoms. The van der Waals surface area contributed by atoms with E-state index in [0.29, 0.717) is 0 Å². The van der Waals surface area contributed by atoms with E-state index in [1.807, 2.05) is 0 Å². The van der Waals surface area contributed by atoms with Crippen LogP contribution >= 0.6 is 0 Å². The van der Waals surface area contributed by atoms with Gasteiger partial charge in [-0.1, -0.05) is 153 Å². The molecule has 0 spiro atoms. The molecule has 0 fully saturated rings. The number of allylic oxidation sites excluding steroid dienone is 3. The van der Waals surface area contributed by atoms with Crippen LogP contribution in [0.3, 0.4) is 0 Å². The lowest BCUT2D eigenvalue weighted by Gasteiger charge is -2.31. The highest BCUT2D eigenvalue weighted by molar-refractivity contribution is 6.12. The van der Waals surface area contributed by atoms with Gasteiger partial charge < -0.3 is 13.4 Å². The first-order chi connectivity index (χ1) is 33.1. The average Bonchev–Trinajstić information content (AvgIpc) is 4.03. The van der Waals surface area contributed by atoms with Crippen molar-refractivity contribution in [3.63, 3.8) is 0 Å². The van der Waals surface area contributed by atoms with E-state index in [4.69, 9.17) is 13.8 Å². The molecule has 0 saturated heterocycles. The summed E-state index contributed by atoms with van der Waals surface area (Å²) in [6, 6.07) is 67.5. The average molecular weight is 867 g/mol. The van der Waals surface area contributed by atoms with Crippen LogP contribution in [-0.4, -0.2) is 10.3 Å². The van der Waals surface area contributed by atoms with Gasteiger partial charge in [-0.15, -0.1) is 0 Å². The van der Waals surface area contributed by atoms with Crippen molar-refractivity contribution >= 4 is 66.0 Å². The Labute approximate surface area is 390 Å². The van der Waals surface area contributed by atoms with Gasteiger partial charge in [0.25, 0.3) is 0 Å². The van der Waals surface area contributed by atoms with Crippen molar-refractivity contribution in [2.75, 3.05) is 0 Å². The van der Waals surface area contributed by atoms with Gasteiger partial charge in [0.05, 0.1) is 17.1 Å². The standard InChI is InChI=1S/C63H50N2O2/c1-4-47(61-40(3)66-58-31-15-13-26-51(58)61)49-27-17-29-55(42-21-10-7-11-22-42)64-63(48(49)5-2)52-28-18-32-60-62(52)54-39-45(34-36-59(54)67-60)44-33-35-57-53(38-44)50-25-12-14-30-56(50)65(57)46-24-16-23-43(37-46)41-19-8-6-9-20-41/h4,6-16,18-28,30-39,48,63H,5,17,29H2,1-3H3/b47-4-,49-27-,64-55+. The topological polar surface area (TPSA) is 43.6 Å². The molecule has 4 nitrogen and oxygen atoms in total. The van der Waals surface area contributed by atoms with Crippen LogP contribution in [0.1, 0.15) is 61.6 Å². The molecule has 0 amide bonds. The maximum atomic E-state index is 6.76. The first-order valence-electron chi connectivity index (χ1n) is 23.7. The predicted octanol–water partition coefficient (Wildman–Crippen LogP) is 17.5. The zero-order valence-electron chi connectivity index (χ0n) is 38.0. The lowest BCUT2D eigenvalue weighted by molar-refractivity contribution is 0.491. The predicted molar refractivity (Wildman–Crippen MR) is 280 cm³/mol.